The lowest BCUT2D eigenvalue weighted by Gasteiger charge is -2.11. The predicted octanol–water partition coefficient (Wildman–Crippen LogP) is 4.69. The van der Waals surface area contributed by atoms with Crippen molar-refractivity contribution in [1.82, 2.24) is 0 Å². The van der Waals surface area contributed by atoms with Crippen molar-refractivity contribution in [2.24, 2.45) is 0 Å². The maximum Gasteiger partial charge on any atom is 0.145 e. The summed E-state index contributed by atoms with van der Waals surface area (Å²) in [6.07, 6.45) is 0. The van der Waals surface area contributed by atoms with Gasteiger partial charge in [0, 0.05) is 22.3 Å². The Kier molecular flexibility index (Phi) is 4.41. The molecule has 0 saturated carbocycles. The van der Waals surface area contributed by atoms with Gasteiger partial charge in [-0.2, -0.15) is 5.26 Å². The van der Waals surface area contributed by atoms with Crippen molar-refractivity contribution in [3.63, 3.8) is 0 Å². The van der Waals surface area contributed by atoms with E-state index in [4.69, 9.17) is 5.26 Å². The molecule has 0 heterocycles. The van der Waals surface area contributed by atoms with Crippen molar-refractivity contribution in [3.8, 4) is 6.07 Å². The van der Waals surface area contributed by atoms with Gasteiger partial charge in [0.15, 0.2) is 0 Å². The number of hydrogen-bond donors (Lipinski definition) is 1. The van der Waals surface area contributed by atoms with E-state index in [0.29, 0.717) is 12.1 Å². The van der Waals surface area contributed by atoms with Crippen LogP contribution in [0.5, 0.6) is 0 Å². The second-order valence-electron chi connectivity index (χ2n) is 4.67. The van der Waals surface area contributed by atoms with Gasteiger partial charge in [0.2, 0.25) is 0 Å². The molecular formula is C16H14BrFN2. The van der Waals surface area contributed by atoms with Crippen molar-refractivity contribution in [3.05, 3.63) is 62.9 Å². The Morgan fingerprint density at radius 2 is 1.90 bits per heavy atom. The van der Waals surface area contributed by atoms with E-state index in [2.05, 4.69) is 21.2 Å². The molecule has 102 valence electrons. The molecule has 0 unspecified atom stereocenters. The molecule has 2 rings (SSSR count). The van der Waals surface area contributed by atoms with Crippen LogP contribution in [0.25, 0.3) is 0 Å². The number of aryl methyl sites for hydroxylation is 2. The van der Waals surface area contributed by atoms with E-state index in [1.54, 1.807) is 12.1 Å². The third-order valence-corrected chi connectivity index (χ3v) is 4.37. The van der Waals surface area contributed by atoms with Crippen molar-refractivity contribution in [2.45, 2.75) is 20.4 Å². The summed E-state index contributed by atoms with van der Waals surface area (Å²) in [6, 6.07) is 10.7. The summed E-state index contributed by atoms with van der Waals surface area (Å²) in [7, 11) is 0. The Bertz CT molecular complexity index is 666. The van der Waals surface area contributed by atoms with Crippen LogP contribution in [0.4, 0.5) is 10.1 Å². The maximum atomic E-state index is 13.9. The highest BCUT2D eigenvalue weighted by Gasteiger charge is 2.08. The fourth-order valence-electron chi connectivity index (χ4n) is 2.05. The van der Waals surface area contributed by atoms with E-state index in [9.17, 15) is 4.39 Å². The third kappa shape index (κ3) is 3.00. The first-order chi connectivity index (χ1) is 9.52. The fraction of sp³-hybridized carbons (Fsp3) is 0.188. The number of nitriles is 1. The SMILES string of the molecule is Cc1cc(NCc2cccc(C#N)c2F)cc(C)c1Br. The molecule has 0 spiro atoms. The molecule has 2 aromatic carbocycles. The van der Waals surface area contributed by atoms with Gasteiger partial charge in [-0.25, -0.2) is 4.39 Å². The Morgan fingerprint density at radius 1 is 1.25 bits per heavy atom. The summed E-state index contributed by atoms with van der Waals surface area (Å²) in [4.78, 5) is 0. The molecule has 0 aliphatic carbocycles. The van der Waals surface area contributed by atoms with Crippen LogP contribution in [0, 0.1) is 31.0 Å². The lowest BCUT2D eigenvalue weighted by Crippen LogP contribution is -2.03. The van der Waals surface area contributed by atoms with Gasteiger partial charge in [-0.05, 0) is 43.2 Å². The number of nitrogens with zero attached hydrogens (tertiary/aromatic N) is 1. The summed E-state index contributed by atoms with van der Waals surface area (Å²) >= 11 is 3.52. The zero-order chi connectivity index (χ0) is 14.7. The highest BCUT2D eigenvalue weighted by atomic mass is 79.9. The van der Waals surface area contributed by atoms with Crippen molar-refractivity contribution in [1.29, 1.82) is 5.26 Å². The molecule has 0 atom stereocenters. The maximum absolute atomic E-state index is 13.9. The van der Waals surface area contributed by atoms with E-state index in [1.165, 1.54) is 6.07 Å². The average Bonchev–Trinajstić information content (AvgIpc) is 2.43. The minimum atomic E-state index is -0.451. The highest BCUT2D eigenvalue weighted by molar-refractivity contribution is 9.10. The second-order valence-corrected chi connectivity index (χ2v) is 5.46. The van der Waals surface area contributed by atoms with Crippen LogP contribution in [0.1, 0.15) is 22.3 Å². The number of hydrogen-bond acceptors (Lipinski definition) is 2. The Labute approximate surface area is 126 Å². The molecule has 2 aromatic rings. The number of benzene rings is 2. The summed E-state index contributed by atoms with van der Waals surface area (Å²) in [5.74, 6) is -0.451. The van der Waals surface area contributed by atoms with Gasteiger partial charge in [0.25, 0.3) is 0 Å². The lowest BCUT2D eigenvalue weighted by atomic mass is 10.1. The Hall–Kier alpha value is -1.86. The van der Waals surface area contributed by atoms with Gasteiger partial charge in [-0.15, -0.1) is 0 Å². The standard InChI is InChI=1S/C16H14BrFN2/c1-10-6-14(7-11(2)15(10)17)20-9-13-5-3-4-12(8-19)16(13)18/h3-7,20H,9H2,1-2H3. The first-order valence-corrected chi connectivity index (χ1v) is 7.00. The average molecular weight is 333 g/mol. The monoisotopic (exact) mass is 332 g/mol. The second kappa shape index (κ2) is 6.06. The Balaban J connectivity index is 2.20. The van der Waals surface area contributed by atoms with E-state index in [0.717, 1.165) is 21.3 Å². The van der Waals surface area contributed by atoms with Gasteiger partial charge in [-0.1, -0.05) is 28.1 Å². The molecule has 4 heteroatoms. The zero-order valence-electron chi connectivity index (χ0n) is 11.3. The fourth-order valence-corrected chi connectivity index (χ4v) is 2.28. The van der Waals surface area contributed by atoms with E-state index in [1.807, 2.05) is 32.0 Å². The first kappa shape index (κ1) is 14.5. The summed E-state index contributed by atoms with van der Waals surface area (Å²) in [6.45, 7) is 4.38. The van der Waals surface area contributed by atoms with Gasteiger partial charge in [0.1, 0.15) is 11.9 Å². The molecule has 0 radical (unpaired) electrons. The molecule has 1 N–H and O–H groups in total. The van der Waals surface area contributed by atoms with Crippen LogP contribution in [0.15, 0.2) is 34.8 Å². The van der Waals surface area contributed by atoms with Crippen LogP contribution in [-0.4, -0.2) is 0 Å². The van der Waals surface area contributed by atoms with Gasteiger partial charge >= 0.3 is 0 Å². The number of rotatable bonds is 3. The van der Waals surface area contributed by atoms with Crippen LogP contribution in [0.2, 0.25) is 0 Å². The molecule has 0 fully saturated rings. The van der Waals surface area contributed by atoms with E-state index in [-0.39, 0.29) is 5.56 Å². The summed E-state index contributed by atoms with van der Waals surface area (Å²) < 4.78 is 15.0. The lowest BCUT2D eigenvalue weighted by molar-refractivity contribution is 0.609. The molecule has 0 bridgehead atoms. The minimum absolute atomic E-state index is 0.0764. The van der Waals surface area contributed by atoms with Gasteiger partial charge in [0.05, 0.1) is 5.56 Å². The number of anilines is 1. The van der Waals surface area contributed by atoms with Crippen LogP contribution in [-0.2, 0) is 6.54 Å². The molecule has 20 heavy (non-hydrogen) atoms. The smallest absolute Gasteiger partial charge is 0.145 e. The molecule has 0 aliphatic rings. The van der Waals surface area contributed by atoms with E-state index >= 15 is 0 Å². The minimum Gasteiger partial charge on any atom is -0.381 e. The van der Waals surface area contributed by atoms with Gasteiger partial charge in [-0.3, -0.25) is 0 Å². The highest BCUT2D eigenvalue weighted by Crippen LogP contribution is 2.25. The largest absolute Gasteiger partial charge is 0.381 e. The number of halogens is 2. The van der Waals surface area contributed by atoms with Crippen LogP contribution < -0.4 is 5.32 Å². The summed E-state index contributed by atoms with van der Waals surface area (Å²) in [5, 5.41) is 12.0. The molecule has 0 amide bonds. The van der Waals surface area contributed by atoms with Crippen LogP contribution in [0.3, 0.4) is 0 Å². The van der Waals surface area contributed by atoms with Crippen molar-refractivity contribution < 1.29 is 4.39 Å². The topological polar surface area (TPSA) is 35.8 Å². The van der Waals surface area contributed by atoms with E-state index < -0.39 is 5.82 Å². The normalized spacial score (nSPS) is 10.2. The molecule has 0 aliphatic heterocycles. The zero-order valence-corrected chi connectivity index (χ0v) is 12.9. The Morgan fingerprint density at radius 3 is 2.50 bits per heavy atom. The van der Waals surface area contributed by atoms with Crippen molar-refractivity contribution >= 4 is 21.6 Å². The predicted molar refractivity (Wildman–Crippen MR) is 82.1 cm³/mol. The number of nitrogens with one attached hydrogen (secondary N) is 1. The molecule has 0 aromatic heterocycles. The van der Waals surface area contributed by atoms with Gasteiger partial charge < -0.3 is 5.32 Å². The molecular weight excluding hydrogens is 319 g/mol. The summed E-state index contributed by atoms with van der Waals surface area (Å²) in [5.41, 5.74) is 3.75. The quantitative estimate of drug-likeness (QED) is 0.885. The molecule has 2 nitrogen and oxygen atoms in total. The van der Waals surface area contributed by atoms with Crippen LogP contribution >= 0.6 is 15.9 Å². The molecule has 0 saturated heterocycles. The third-order valence-electron chi connectivity index (χ3n) is 3.12. The van der Waals surface area contributed by atoms with Crippen molar-refractivity contribution in [2.75, 3.05) is 5.32 Å². The first-order valence-electron chi connectivity index (χ1n) is 6.21.